The molecule has 6 nitrogen and oxygen atoms in total. The molecular formula is C21H23N5O. The number of nitrogens with one attached hydrogen (secondary N) is 2. The van der Waals surface area contributed by atoms with Crippen LogP contribution in [0.4, 0.5) is 11.4 Å². The maximum absolute atomic E-state index is 12.5. The Bertz CT molecular complexity index is 909. The van der Waals surface area contributed by atoms with E-state index in [1.807, 2.05) is 55.5 Å². The molecule has 1 fully saturated rings. The molecule has 1 aliphatic heterocycles. The fourth-order valence-electron chi connectivity index (χ4n) is 3.35. The number of hydrogen-bond acceptors (Lipinski definition) is 4. The second-order valence-electron chi connectivity index (χ2n) is 6.87. The molecule has 2 N–H and O–H groups in total. The van der Waals surface area contributed by atoms with Gasteiger partial charge in [-0.1, -0.05) is 0 Å². The van der Waals surface area contributed by atoms with Gasteiger partial charge in [-0.05, 0) is 74.7 Å². The van der Waals surface area contributed by atoms with Crippen LogP contribution in [0.25, 0.3) is 11.4 Å². The van der Waals surface area contributed by atoms with Crippen molar-refractivity contribution in [3.8, 4) is 11.4 Å². The fourth-order valence-corrected chi connectivity index (χ4v) is 3.35. The van der Waals surface area contributed by atoms with Gasteiger partial charge in [0.2, 0.25) is 0 Å². The van der Waals surface area contributed by atoms with Crippen molar-refractivity contribution in [2.45, 2.75) is 26.2 Å². The number of amides is 1. The predicted molar refractivity (Wildman–Crippen MR) is 107 cm³/mol. The van der Waals surface area contributed by atoms with E-state index in [-0.39, 0.29) is 5.91 Å². The average Bonchev–Trinajstić information content (AvgIpc) is 3.16. The standard InChI is InChI=1S/C21H23N5O/c1-15-22-20(25-24-15)16-5-9-18(10-6-16)23-21(27)17-7-11-19(12-8-17)26-13-3-2-4-14-26/h5-12H,2-4,13-14H2,1H3,(H,23,27)(H,22,24,25). The maximum Gasteiger partial charge on any atom is 0.255 e. The molecule has 1 aromatic heterocycles. The van der Waals surface area contributed by atoms with Crippen LogP contribution >= 0.6 is 0 Å². The molecule has 1 saturated heterocycles. The van der Waals surface area contributed by atoms with Crippen molar-refractivity contribution in [3.05, 3.63) is 59.9 Å². The minimum Gasteiger partial charge on any atom is -0.372 e. The highest BCUT2D eigenvalue weighted by Crippen LogP contribution is 2.21. The molecule has 0 saturated carbocycles. The summed E-state index contributed by atoms with van der Waals surface area (Å²) in [5.74, 6) is 1.32. The van der Waals surface area contributed by atoms with E-state index in [1.165, 1.54) is 24.9 Å². The van der Waals surface area contributed by atoms with E-state index in [2.05, 4.69) is 25.4 Å². The number of carbonyl (C=O) groups excluding carboxylic acids is 1. The highest BCUT2D eigenvalue weighted by Gasteiger charge is 2.12. The second-order valence-corrected chi connectivity index (χ2v) is 6.87. The highest BCUT2D eigenvalue weighted by atomic mass is 16.1. The van der Waals surface area contributed by atoms with Crippen LogP contribution < -0.4 is 10.2 Å². The normalized spacial score (nSPS) is 14.2. The molecule has 2 heterocycles. The molecule has 0 bridgehead atoms. The zero-order valence-electron chi connectivity index (χ0n) is 15.4. The topological polar surface area (TPSA) is 73.9 Å². The first-order chi connectivity index (χ1) is 13.2. The molecule has 138 valence electrons. The van der Waals surface area contributed by atoms with Crippen LogP contribution in [0.3, 0.4) is 0 Å². The third-order valence-electron chi connectivity index (χ3n) is 4.85. The summed E-state index contributed by atoms with van der Waals surface area (Å²) in [6, 6.07) is 15.4. The number of H-pyrrole nitrogens is 1. The van der Waals surface area contributed by atoms with Gasteiger partial charge in [0.1, 0.15) is 5.82 Å². The van der Waals surface area contributed by atoms with Gasteiger partial charge in [-0.2, -0.15) is 5.10 Å². The van der Waals surface area contributed by atoms with Crippen molar-refractivity contribution in [2.75, 3.05) is 23.3 Å². The monoisotopic (exact) mass is 361 g/mol. The van der Waals surface area contributed by atoms with Gasteiger partial charge < -0.3 is 10.2 Å². The summed E-state index contributed by atoms with van der Waals surface area (Å²) in [4.78, 5) is 19.2. The van der Waals surface area contributed by atoms with Crippen LogP contribution in [0, 0.1) is 6.92 Å². The van der Waals surface area contributed by atoms with E-state index in [4.69, 9.17) is 0 Å². The highest BCUT2D eigenvalue weighted by molar-refractivity contribution is 6.04. The zero-order valence-corrected chi connectivity index (χ0v) is 15.4. The predicted octanol–water partition coefficient (Wildman–Crippen LogP) is 4.02. The molecule has 0 aliphatic carbocycles. The van der Waals surface area contributed by atoms with Gasteiger partial charge in [0, 0.05) is 35.6 Å². The zero-order chi connectivity index (χ0) is 18.6. The third-order valence-corrected chi connectivity index (χ3v) is 4.85. The SMILES string of the molecule is Cc1nc(-c2ccc(NC(=O)c3ccc(N4CCCCC4)cc3)cc2)n[nH]1. The lowest BCUT2D eigenvalue weighted by Crippen LogP contribution is -2.29. The van der Waals surface area contributed by atoms with Gasteiger partial charge in [0.15, 0.2) is 5.82 Å². The maximum atomic E-state index is 12.5. The van der Waals surface area contributed by atoms with Gasteiger partial charge in [0.05, 0.1) is 0 Å². The van der Waals surface area contributed by atoms with Crippen molar-refractivity contribution in [3.63, 3.8) is 0 Å². The summed E-state index contributed by atoms with van der Waals surface area (Å²) >= 11 is 0. The molecule has 27 heavy (non-hydrogen) atoms. The Kier molecular flexibility index (Phi) is 4.87. The van der Waals surface area contributed by atoms with Gasteiger partial charge in [-0.3, -0.25) is 9.89 Å². The van der Waals surface area contributed by atoms with Gasteiger partial charge in [-0.15, -0.1) is 0 Å². The van der Waals surface area contributed by atoms with E-state index in [9.17, 15) is 4.79 Å². The van der Waals surface area contributed by atoms with E-state index in [1.54, 1.807) is 0 Å². The van der Waals surface area contributed by atoms with Crippen LogP contribution in [0.5, 0.6) is 0 Å². The number of aromatic nitrogens is 3. The first kappa shape index (κ1) is 17.3. The molecule has 2 aromatic carbocycles. The van der Waals surface area contributed by atoms with Crippen molar-refractivity contribution in [2.24, 2.45) is 0 Å². The molecule has 0 atom stereocenters. The molecule has 4 rings (SSSR count). The molecule has 0 spiro atoms. The van der Waals surface area contributed by atoms with E-state index in [0.29, 0.717) is 11.4 Å². The first-order valence-corrected chi connectivity index (χ1v) is 9.35. The Hall–Kier alpha value is -3.15. The minimum absolute atomic E-state index is 0.110. The summed E-state index contributed by atoms with van der Waals surface area (Å²) in [7, 11) is 0. The molecule has 1 amide bonds. The molecule has 0 unspecified atom stereocenters. The second kappa shape index (κ2) is 7.61. The van der Waals surface area contributed by atoms with Gasteiger partial charge in [0.25, 0.3) is 5.91 Å². The van der Waals surface area contributed by atoms with Crippen molar-refractivity contribution in [1.82, 2.24) is 15.2 Å². The summed E-state index contributed by atoms with van der Waals surface area (Å²) < 4.78 is 0. The summed E-state index contributed by atoms with van der Waals surface area (Å²) in [5.41, 5.74) is 3.50. The van der Waals surface area contributed by atoms with Crippen molar-refractivity contribution < 1.29 is 4.79 Å². The van der Waals surface area contributed by atoms with Crippen LogP contribution in [0.1, 0.15) is 35.4 Å². The van der Waals surface area contributed by atoms with E-state index in [0.717, 1.165) is 30.2 Å². The Morgan fingerprint density at radius 1 is 1.00 bits per heavy atom. The van der Waals surface area contributed by atoms with Crippen LogP contribution in [0.15, 0.2) is 48.5 Å². The lowest BCUT2D eigenvalue weighted by atomic mass is 10.1. The van der Waals surface area contributed by atoms with Crippen LogP contribution in [0.2, 0.25) is 0 Å². The molecular weight excluding hydrogens is 338 g/mol. The number of aromatic amines is 1. The molecule has 1 aliphatic rings. The molecule has 6 heteroatoms. The lowest BCUT2D eigenvalue weighted by Gasteiger charge is -2.28. The number of piperidine rings is 1. The smallest absolute Gasteiger partial charge is 0.255 e. The Morgan fingerprint density at radius 2 is 1.70 bits per heavy atom. The minimum atomic E-state index is -0.110. The van der Waals surface area contributed by atoms with E-state index >= 15 is 0 Å². The van der Waals surface area contributed by atoms with Crippen LogP contribution in [-0.2, 0) is 0 Å². The number of benzene rings is 2. The number of anilines is 2. The number of aryl methyl sites for hydroxylation is 1. The Morgan fingerprint density at radius 3 is 2.33 bits per heavy atom. The number of carbonyl (C=O) groups is 1. The fraction of sp³-hybridized carbons (Fsp3) is 0.286. The molecule has 3 aromatic rings. The van der Waals surface area contributed by atoms with Gasteiger partial charge >= 0.3 is 0 Å². The van der Waals surface area contributed by atoms with Crippen molar-refractivity contribution in [1.29, 1.82) is 0 Å². The molecule has 0 radical (unpaired) electrons. The van der Waals surface area contributed by atoms with Crippen molar-refractivity contribution >= 4 is 17.3 Å². The summed E-state index contributed by atoms with van der Waals surface area (Å²) in [6.07, 6.45) is 3.79. The largest absolute Gasteiger partial charge is 0.372 e. The first-order valence-electron chi connectivity index (χ1n) is 9.35. The Labute approximate surface area is 158 Å². The number of nitrogens with zero attached hydrogens (tertiary/aromatic N) is 3. The number of rotatable bonds is 4. The quantitative estimate of drug-likeness (QED) is 0.736. The van der Waals surface area contributed by atoms with Gasteiger partial charge in [-0.25, -0.2) is 4.98 Å². The summed E-state index contributed by atoms with van der Waals surface area (Å²) in [5, 5.41) is 9.91. The van der Waals surface area contributed by atoms with Crippen LogP contribution in [-0.4, -0.2) is 34.2 Å². The average molecular weight is 361 g/mol. The summed E-state index contributed by atoms with van der Waals surface area (Å²) in [6.45, 7) is 4.06. The van der Waals surface area contributed by atoms with E-state index < -0.39 is 0 Å². The third kappa shape index (κ3) is 4.00. The number of hydrogen-bond donors (Lipinski definition) is 2. The Balaban J connectivity index is 1.41. The lowest BCUT2D eigenvalue weighted by molar-refractivity contribution is 0.102.